The van der Waals surface area contributed by atoms with Gasteiger partial charge in [0.25, 0.3) is 5.91 Å². The summed E-state index contributed by atoms with van der Waals surface area (Å²) in [4.78, 5) is 19.5. The Balaban J connectivity index is 1.24. The molecule has 8 heteroatoms. The fourth-order valence-corrected chi connectivity index (χ4v) is 4.44. The second-order valence-electron chi connectivity index (χ2n) is 8.69. The van der Waals surface area contributed by atoms with Crippen molar-refractivity contribution in [2.45, 2.75) is 32.1 Å². The van der Waals surface area contributed by atoms with Crippen LogP contribution in [0.5, 0.6) is 5.75 Å². The highest BCUT2D eigenvalue weighted by atomic mass is 19.1. The molecule has 0 bridgehead atoms. The number of nitrogens with zero attached hydrogens (tertiary/aromatic N) is 3. The molecular weight excluding hydrogens is 447 g/mol. The number of carbonyl (C=O) groups is 1. The molecule has 2 aromatic heterocycles. The number of piperidine rings is 1. The van der Waals surface area contributed by atoms with Crippen LogP contribution in [0, 0.1) is 5.82 Å². The standard InChI is InChI=1S/C27H27FN4O3/c1-2-34-22-10-8-19(9-11-22)24-15-25(31-30-24)27(33)32-12-4-6-20(17-32)26-29-16-23(35-26)14-18-5-3-7-21(28)13-18/h3,5,7-11,13,15-16,20H,2,4,6,12,14,17H2,1H3,(H,30,31)/t20-/m0/s1. The quantitative estimate of drug-likeness (QED) is 0.397. The van der Waals surface area contributed by atoms with Crippen molar-refractivity contribution in [2.24, 2.45) is 0 Å². The van der Waals surface area contributed by atoms with E-state index in [0.29, 0.717) is 49.2 Å². The molecule has 35 heavy (non-hydrogen) atoms. The van der Waals surface area contributed by atoms with E-state index >= 15 is 0 Å². The first-order valence-electron chi connectivity index (χ1n) is 11.9. The van der Waals surface area contributed by atoms with Crippen LogP contribution < -0.4 is 4.74 Å². The predicted octanol–water partition coefficient (Wildman–Crippen LogP) is 5.21. The summed E-state index contributed by atoms with van der Waals surface area (Å²) >= 11 is 0. The third-order valence-electron chi connectivity index (χ3n) is 6.17. The van der Waals surface area contributed by atoms with Gasteiger partial charge in [-0.15, -0.1) is 0 Å². The summed E-state index contributed by atoms with van der Waals surface area (Å²) in [6, 6.07) is 15.9. The minimum Gasteiger partial charge on any atom is -0.494 e. The topological polar surface area (TPSA) is 84.2 Å². The molecule has 1 N–H and O–H groups in total. The highest BCUT2D eigenvalue weighted by Crippen LogP contribution is 2.29. The number of likely N-dealkylation sites (tertiary alicyclic amines) is 1. The number of hydrogen-bond donors (Lipinski definition) is 1. The van der Waals surface area contributed by atoms with E-state index in [4.69, 9.17) is 9.15 Å². The van der Waals surface area contributed by atoms with Gasteiger partial charge >= 0.3 is 0 Å². The fourth-order valence-electron chi connectivity index (χ4n) is 4.44. The van der Waals surface area contributed by atoms with Gasteiger partial charge in [-0.25, -0.2) is 9.37 Å². The number of oxazole rings is 1. The van der Waals surface area contributed by atoms with Gasteiger partial charge in [0.2, 0.25) is 0 Å². The molecule has 1 amide bonds. The summed E-state index contributed by atoms with van der Waals surface area (Å²) < 4.78 is 24.9. The molecule has 0 radical (unpaired) electrons. The zero-order valence-corrected chi connectivity index (χ0v) is 19.5. The largest absolute Gasteiger partial charge is 0.494 e. The number of aromatic nitrogens is 3. The smallest absolute Gasteiger partial charge is 0.271 e. The van der Waals surface area contributed by atoms with Crippen molar-refractivity contribution in [3.05, 3.63) is 89.5 Å². The van der Waals surface area contributed by atoms with E-state index in [1.165, 1.54) is 12.1 Å². The van der Waals surface area contributed by atoms with Crippen molar-refractivity contribution in [1.82, 2.24) is 20.1 Å². The van der Waals surface area contributed by atoms with E-state index in [9.17, 15) is 9.18 Å². The molecule has 3 heterocycles. The summed E-state index contributed by atoms with van der Waals surface area (Å²) in [6.07, 6.45) is 3.92. The van der Waals surface area contributed by atoms with Crippen molar-refractivity contribution < 1.29 is 18.3 Å². The Hall–Kier alpha value is -3.94. The van der Waals surface area contributed by atoms with Gasteiger partial charge in [-0.2, -0.15) is 5.10 Å². The summed E-state index contributed by atoms with van der Waals surface area (Å²) in [7, 11) is 0. The monoisotopic (exact) mass is 474 g/mol. The molecule has 4 aromatic rings. The number of H-pyrrole nitrogens is 1. The first kappa shape index (κ1) is 22.8. The van der Waals surface area contributed by atoms with Crippen LogP contribution in [0.1, 0.15) is 53.4 Å². The van der Waals surface area contributed by atoms with Crippen molar-refractivity contribution in [3.8, 4) is 17.0 Å². The Labute approximate surface area is 202 Å². The second-order valence-corrected chi connectivity index (χ2v) is 8.69. The average molecular weight is 475 g/mol. The Bertz CT molecular complexity index is 1300. The maximum Gasteiger partial charge on any atom is 0.271 e. The third-order valence-corrected chi connectivity index (χ3v) is 6.17. The molecule has 0 unspecified atom stereocenters. The first-order valence-corrected chi connectivity index (χ1v) is 11.9. The van der Waals surface area contributed by atoms with Crippen molar-refractivity contribution in [3.63, 3.8) is 0 Å². The maximum atomic E-state index is 13.5. The minimum atomic E-state index is -0.270. The lowest BCUT2D eigenvalue weighted by Crippen LogP contribution is -2.39. The van der Waals surface area contributed by atoms with E-state index in [2.05, 4.69) is 15.2 Å². The van der Waals surface area contributed by atoms with Gasteiger partial charge in [0.15, 0.2) is 5.89 Å². The molecule has 1 aliphatic heterocycles. The van der Waals surface area contributed by atoms with Gasteiger partial charge in [0.05, 0.1) is 24.4 Å². The number of halogens is 1. The number of carbonyl (C=O) groups excluding carboxylic acids is 1. The zero-order valence-electron chi connectivity index (χ0n) is 19.5. The van der Waals surface area contributed by atoms with E-state index in [1.54, 1.807) is 18.3 Å². The summed E-state index contributed by atoms with van der Waals surface area (Å²) in [6.45, 7) is 3.75. The molecule has 1 fully saturated rings. The van der Waals surface area contributed by atoms with Crippen molar-refractivity contribution in [1.29, 1.82) is 0 Å². The van der Waals surface area contributed by atoms with Gasteiger partial charge in [0.1, 0.15) is 23.0 Å². The highest BCUT2D eigenvalue weighted by molar-refractivity contribution is 5.93. The van der Waals surface area contributed by atoms with Crippen LogP contribution in [0.2, 0.25) is 0 Å². The number of rotatable bonds is 7. The highest BCUT2D eigenvalue weighted by Gasteiger charge is 2.29. The summed E-state index contributed by atoms with van der Waals surface area (Å²) in [5.74, 6) is 1.76. The van der Waals surface area contributed by atoms with Gasteiger partial charge < -0.3 is 14.1 Å². The summed E-state index contributed by atoms with van der Waals surface area (Å²) in [5.41, 5.74) is 2.90. The molecular formula is C27H27FN4O3. The molecule has 1 atom stereocenters. The van der Waals surface area contributed by atoms with Crippen LogP contribution in [0.25, 0.3) is 11.3 Å². The number of amides is 1. The number of benzene rings is 2. The maximum absolute atomic E-state index is 13.5. The second kappa shape index (κ2) is 10.1. The lowest BCUT2D eigenvalue weighted by Gasteiger charge is -2.30. The van der Waals surface area contributed by atoms with E-state index in [0.717, 1.165) is 29.7 Å². The van der Waals surface area contributed by atoms with Crippen LogP contribution in [0.4, 0.5) is 4.39 Å². The number of ether oxygens (including phenoxy) is 1. The Kier molecular flexibility index (Phi) is 6.61. The van der Waals surface area contributed by atoms with Crippen LogP contribution in [0.15, 0.2) is 65.2 Å². The van der Waals surface area contributed by atoms with E-state index < -0.39 is 0 Å². The SMILES string of the molecule is CCOc1ccc(-c2cc(C(=O)N3CCC[C@H](c4ncc(Cc5cccc(F)c5)o4)C3)[nH]n2)cc1. The third kappa shape index (κ3) is 5.26. The first-order chi connectivity index (χ1) is 17.1. The Morgan fingerprint density at radius 1 is 1.23 bits per heavy atom. The molecule has 1 saturated heterocycles. The number of hydrogen-bond acceptors (Lipinski definition) is 5. The minimum absolute atomic E-state index is 0.0162. The molecule has 5 rings (SSSR count). The van der Waals surface area contributed by atoms with Crippen molar-refractivity contribution in [2.75, 3.05) is 19.7 Å². The van der Waals surface area contributed by atoms with Gasteiger partial charge in [-0.05, 0) is 67.8 Å². The van der Waals surface area contributed by atoms with Crippen LogP contribution in [0.3, 0.4) is 0 Å². The molecule has 2 aromatic carbocycles. The number of aromatic amines is 1. The van der Waals surface area contributed by atoms with Crippen LogP contribution >= 0.6 is 0 Å². The lowest BCUT2D eigenvalue weighted by atomic mass is 9.97. The molecule has 0 saturated carbocycles. The Morgan fingerprint density at radius 2 is 2.09 bits per heavy atom. The van der Waals surface area contributed by atoms with E-state index in [-0.39, 0.29) is 17.6 Å². The normalized spacial score (nSPS) is 15.8. The number of nitrogens with one attached hydrogen (secondary N) is 1. The Morgan fingerprint density at radius 3 is 2.89 bits per heavy atom. The molecule has 0 spiro atoms. The average Bonchev–Trinajstić information content (AvgIpc) is 3.55. The molecule has 1 aliphatic rings. The molecule has 7 nitrogen and oxygen atoms in total. The zero-order chi connectivity index (χ0) is 24.2. The van der Waals surface area contributed by atoms with Gasteiger partial charge in [-0.1, -0.05) is 12.1 Å². The fraction of sp³-hybridized carbons (Fsp3) is 0.296. The van der Waals surface area contributed by atoms with Gasteiger partial charge in [0, 0.05) is 25.1 Å². The summed E-state index contributed by atoms with van der Waals surface area (Å²) in [5, 5.41) is 7.22. The lowest BCUT2D eigenvalue weighted by molar-refractivity contribution is 0.0692. The van der Waals surface area contributed by atoms with E-state index in [1.807, 2.05) is 42.2 Å². The molecule has 180 valence electrons. The van der Waals surface area contributed by atoms with Crippen LogP contribution in [-0.2, 0) is 6.42 Å². The predicted molar refractivity (Wildman–Crippen MR) is 129 cm³/mol. The van der Waals surface area contributed by atoms with Crippen molar-refractivity contribution >= 4 is 5.91 Å². The van der Waals surface area contributed by atoms with Gasteiger partial charge in [-0.3, -0.25) is 9.89 Å². The molecule has 0 aliphatic carbocycles. The van der Waals surface area contributed by atoms with Crippen LogP contribution in [-0.4, -0.2) is 45.7 Å².